The van der Waals surface area contributed by atoms with Gasteiger partial charge in [-0.25, -0.2) is 4.39 Å². The first-order valence-electron chi connectivity index (χ1n) is 24.6. The van der Waals surface area contributed by atoms with Gasteiger partial charge in [-0.05, 0) is 209 Å². The van der Waals surface area contributed by atoms with E-state index in [1.54, 1.807) is 0 Å². The highest BCUT2D eigenvalue weighted by Crippen LogP contribution is 2.76. The lowest BCUT2D eigenvalue weighted by atomic mass is 9.33. The number of allylic oxidation sites excluding steroid dienone is 5. The Morgan fingerprint density at radius 1 is 0.902 bits per heavy atom. The Morgan fingerprint density at radius 3 is 2.30 bits per heavy atom. The van der Waals surface area contributed by atoms with E-state index in [2.05, 4.69) is 84.1 Å². The van der Waals surface area contributed by atoms with Crippen LogP contribution in [0.2, 0.25) is 0 Å². The zero-order valence-corrected chi connectivity index (χ0v) is 40.3. The SMILES string of the molecule is C=C(C)[C@@H]1CC[C@]2(NCCC3(O)CCC(/S(C)=C\C)CC3)CC[C@]3(C)[C@H](CC[C@@H]4[C@@]5(C)CC=C(C6=CC[C@](CF)(C(=O)OCc7ccccc7)CC6)C(C)(C)[C@@H]5CC[C@]43C)[C@@H]12. The second-order valence-corrected chi connectivity index (χ2v) is 25.6. The van der Waals surface area contributed by atoms with Crippen molar-refractivity contribution in [2.24, 2.45) is 56.7 Å². The van der Waals surface area contributed by atoms with Crippen LogP contribution in [0.3, 0.4) is 0 Å². The van der Waals surface area contributed by atoms with Crippen molar-refractivity contribution in [3.63, 3.8) is 0 Å². The van der Waals surface area contributed by atoms with Crippen molar-refractivity contribution >= 4 is 21.8 Å². The van der Waals surface area contributed by atoms with E-state index in [-0.39, 0.29) is 33.8 Å². The van der Waals surface area contributed by atoms with Crippen LogP contribution in [0, 0.1) is 56.7 Å². The van der Waals surface area contributed by atoms with Gasteiger partial charge in [0.25, 0.3) is 0 Å². The summed E-state index contributed by atoms with van der Waals surface area (Å²) in [6, 6.07) is 9.71. The number of carbonyl (C=O) groups is 1. The maximum atomic E-state index is 14.8. The molecule has 4 nitrogen and oxygen atoms in total. The van der Waals surface area contributed by atoms with Crippen molar-refractivity contribution in [1.29, 1.82) is 0 Å². The highest BCUT2D eigenvalue weighted by Gasteiger charge is 2.70. The molecule has 61 heavy (non-hydrogen) atoms. The van der Waals surface area contributed by atoms with E-state index in [1.165, 1.54) is 68.1 Å². The molecule has 6 heteroatoms. The molecule has 0 spiro atoms. The van der Waals surface area contributed by atoms with Gasteiger partial charge >= 0.3 is 5.97 Å². The number of nitrogens with one attached hydrogen (secondary N) is 1. The van der Waals surface area contributed by atoms with Gasteiger partial charge in [-0.3, -0.25) is 4.79 Å². The van der Waals surface area contributed by atoms with E-state index in [9.17, 15) is 14.3 Å². The summed E-state index contributed by atoms with van der Waals surface area (Å²) < 4.78 is 20.6. The summed E-state index contributed by atoms with van der Waals surface area (Å²) in [5.41, 5.74) is 4.40. The van der Waals surface area contributed by atoms with Gasteiger partial charge in [0.15, 0.2) is 0 Å². The predicted molar refractivity (Wildman–Crippen MR) is 254 cm³/mol. The zero-order valence-electron chi connectivity index (χ0n) is 39.5. The van der Waals surface area contributed by atoms with Crippen LogP contribution in [0.15, 0.2) is 65.8 Å². The van der Waals surface area contributed by atoms with E-state index in [4.69, 9.17) is 4.74 Å². The number of ether oxygens (including phenoxy) is 1. The van der Waals surface area contributed by atoms with Gasteiger partial charge in [0.2, 0.25) is 0 Å². The smallest absolute Gasteiger partial charge is 0.315 e. The molecule has 0 bridgehead atoms. The van der Waals surface area contributed by atoms with Gasteiger partial charge in [-0.1, -0.05) is 94.6 Å². The van der Waals surface area contributed by atoms with Crippen LogP contribution in [0.4, 0.5) is 4.39 Å². The standard InChI is InChI=1S/C55H82FNO3S/c1-10-61(9)41-20-29-54(59,30-21-41)34-35-57-55-31-22-42(38(2)3)47(55)44-16-17-46-50(6)25-23-43(49(4,5)45(50)24-26-52(46,8)51(44,7)32-33-55)40-18-27-53(37-56,28-19-40)48(58)60-36-39-14-12-11-13-15-39/h10-15,18,23,41-42,44-47,57,59H,2,16-17,19-22,24-37H2,1,3-9H3/t41?,42-,44+,45-,46+,47+,50-,51+,52+,53-,54?,55-,61?/m0/s1. The Bertz CT molecular complexity index is 1910. The van der Waals surface area contributed by atoms with Crippen LogP contribution >= 0.6 is 10.5 Å². The molecule has 2 N–H and O–H groups in total. The highest BCUT2D eigenvalue weighted by molar-refractivity contribution is 8.14. The van der Waals surface area contributed by atoms with Crippen LogP contribution in [0.1, 0.15) is 163 Å². The topological polar surface area (TPSA) is 58.6 Å². The molecular formula is C55H82FNO3S. The number of halogens is 1. The third kappa shape index (κ3) is 7.56. The van der Waals surface area contributed by atoms with E-state index >= 15 is 0 Å². The first-order chi connectivity index (χ1) is 28.9. The molecule has 1 aromatic carbocycles. The molecule has 0 aromatic heterocycles. The molecule has 338 valence electrons. The lowest BCUT2D eigenvalue weighted by Crippen LogP contribution is -2.68. The van der Waals surface area contributed by atoms with Crippen LogP contribution in [0.5, 0.6) is 0 Å². The molecule has 5 saturated carbocycles. The molecule has 7 aliphatic rings. The minimum atomic E-state index is -1.09. The predicted octanol–water partition coefficient (Wildman–Crippen LogP) is 13.1. The van der Waals surface area contributed by atoms with Crippen LogP contribution in [-0.2, 0) is 16.1 Å². The number of carbonyl (C=O) groups excluding carboxylic acids is 1. The van der Waals surface area contributed by atoms with E-state index in [0.29, 0.717) is 52.9 Å². The number of benzene rings is 1. The van der Waals surface area contributed by atoms with Gasteiger partial charge in [0.05, 0.1) is 11.0 Å². The van der Waals surface area contributed by atoms with Gasteiger partial charge in [0, 0.05) is 5.54 Å². The molecule has 7 aliphatic carbocycles. The summed E-state index contributed by atoms with van der Waals surface area (Å²) in [5, 5.41) is 19.2. The lowest BCUT2D eigenvalue weighted by Gasteiger charge is -2.72. The summed E-state index contributed by atoms with van der Waals surface area (Å²) in [6.07, 6.45) is 25.2. The fraction of sp³-hybridized carbons (Fsp3) is 0.745. The first-order valence-corrected chi connectivity index (χ1v) is 26.4. The molecule has 0 saturated heterocycles. The molecule has 0 aliphatic heterocycles. The van der Waals surface area contributed by atoms with Crippen molar-refractivity contribution in [2.45, 2.75) is 181 Å². The van der Waals surface area contributed by atoms with E-state index < -0.39 is 23.7 Å². The number of esters is 1. The molecule has 0 heterocycles. The number of fused-ring (bicyclic) bond motifs is 7. The second-order valence-electron chi connectivity index (χ2n) is 23.2. The summed E-state index contributed by atoms with van der Waals surface area (Å²) in [6.45, 7) is 22.8. The Morgan fingerprint density at radius 2 is 1.64 bits per heavy atom. The van der Waals surface area contributed by atoms with Gasteiger partial charge in [0.1, 0.15) is 13.3 Å². The molecule has 0 amide bonds. The maximum Gasteiger partial charge on any atom is 0.315 e. The van der Waals surface area contributed by atoms with Crippen molar-refractivity contribution < 1.29 is 19.0 Å². The van der Waals surface area contributed by atoms with Crippen LogP contribution < -0.4 is 5.32 Å². The summed E-state index contributed by atoms with van der Waals surface area (Å²) in [5.74, 6) is 2.70. The number of alkyl halides is 1. The summed E-state index contributed by atoms with van der Waals surface area (Å²) in [4.78, 5) is 13.4. The fourth-order valence-electron chi connectivity index (χ4n) is 16.5. The van der Waals surface area contributed by atoms with Crippen molar-refractivity contribution in [2.75, 3.05) is 19.5 Å². The third-order valence-corrected chi connectivity index (χ3v) is 22.6. The van der Waals surface area contributed by atoms with Gasteiger partial charge in [-0.2, -0.15) is 10.5 Å². The zero-order chi connectivity index (χ0) is 43.6. The quantitative estimate of drug-likeness (QED) is 0.132. The largest absolute Gasteiger partial charge is 0.460 e. The fourth-order valence-corrected chi connectivity index (χ4v) is 17.8. The van der Waals surface area contributed by atoms with Crippen LogP contribution in [-0.4, -0.2) is 52.3 Å². The molecule has 0 radical (unpaired) electrons. The van der Waals surface area contributed by atoms with Crippen molar-refractivity contribution in [1.82, 2.24) is 5.32 Å². The van der Waals surface area contributed by atoms with Crippen molar-refractivity contribution in [3.05, 3.63) is 71.3 Å². The van der Waals surface area contributed by atoms with Crippen molar-refractivity contribution in [3.8, 4) is 0 Å². The molecule has 11 atom stereocenters. The summed E-state index contributed by atoms with van der Waals surface area (Å²) in [7, 11) is 0.356. The number of hydrogen-bond donors (Lipinski definition) is 2. The number of aliphatic hydroxyl groups is 1. The van der Waals surface area contributed by atoms with E-state index in [1.807, 2.05) is 30.3 Å². The van der Waals surface area contributed by atoms with E-state index in [0.717, 1.165) is 62.3 Å². The lowest BCUT2D eigenvalue weighted by molar-refractivity contribution is -0.221. The first kappa shape index (κ1) is 45.5. The summed E-state index contributed by atoms with van der Waals surface area (Å²) >= 11 is 0. The van der Waals surface area contributed by atoms with Gasteiger partial charge < -0.3 is 15.2 Å². The average Bonchev–Trinajstić information content (AvgIpc) is 3.63. The molecule has 8 rings (SSSR count). The molecule has 5 fully saturated rings. The Labute approximate surface area is 372 Å². The number of rotatable bonds is 11. The van der Waals surface area contributed by atoms with Gasteiger partial charge in [-0.15, -0.1) is 0 Å². The normalized spacial score (nSPS) is 43.4. The molecule has 1 aromatic rings. The highest BCUT2D eigenvalue weighted by atomic mass is 32.2. The maximum absolute atomic E-state index is 14.8. The number of hydrogen-bond acceptors (Lipinski definition) is 4. The molecule has 1 unspecified atom stereocenters. The van der Waals surface area contributed by atoms with Crippen LogP contribution in [0.25, 0.3) is 0 Å². The Balaban J connectivity index is 0.984. The second kappa shape index (κ2) is 16.8. The minimum absolute atomic E-state index is 0.0000176. The molecular weight excluding hydrogens is 774 g/mol. The average molecular weight is 856 g/mol. The Hall–Kier alpha value is -2.02. The third-order valence-electron chi connectivity index (χ3n) is 20.3. The monoisotopic (exact) mass is 856 g/mol. The Kier molecular flexibility index (Phi) is 12.5. The minimum Gasteiger partial charge on any atom is -0.460 e.